The Kier molecular flexibility index (Phi) is 3.38. The third kappa shape index (κ3) is 2.26. The minimum atomic E-state index is -1.85. The van der Waals surface area contributed by atoms with Gasteiger partial charge in [-0.05, 0) is 18.6 Å². The van der Waals surface area contributed by atoms with Gasteiger partial charge in [0.05, 0.1) is 26.2 Å². The lowest BCUT2D eigenvalue weighted by Gasteiger charge is -2.46. The van der Waals surface area contributed by atoms with Gasteiger partial charge in [0.15, 0.2) is 0 Å². The second-order valence-electron chi connectivity index (χ2n) is 9.63. The molecule has 150 valence electrons. The molecule has 0 amide bonds. The first-order chi connectivity index (χ1) is 13.9. The molecule has 3 heterocycles. The molecule has 29 heavy (non-hydrogen) atoms. The largest absolute Gasteiger partial charge is 0.459 e. The first kappa shape index (κ1) is 17.5. The molecule has 2 aromatic rings. The summed E-state index contributed by atoms with van der Waals surface area (Å²) in [6.45, 7) is 0. The number of piperidine rings is 2. The summed E-state index contributed by atoms with van der Waals surface area (Å²) in [4.78, 5) is 13.5. The molecule has 5 nitrogen and oxygen atoms in total. The molecule has 2 aromatic carbocycles. The van der Waals surface area contributed by atoms with E-state index in [1.54, 1.807) is 24.3 Å². The van der Waals surface area contributed by atoms with Crippen LogP contribution in [0.2, 0.25) is 0 Å². The number of para-hydroxylation sites is 2. The minimum absolute atomic E-state index is 0.136. The predicted molar refractivity (Wildman–Crippen MR) is 106 cm³/mol. The summed E-state index contributed by atoms with van der Waals surface area (Å²) >= 11 is 0. The van der Waals surface area contributed by atoms with Crippen molar-refractivity contribution in [2.45, 2.75) is 43.1 Å². The van der Waals surface area contributed by atoms with Crippen molar-refractivity contribution in [1.82, 2.24) is 0 Å². The van der Waals surface area contributed by atoms with Crippen molar-refractivity contribution in [3.05, 3.63) is 59.7 Å². The highest BCUT2D eigenvalue weighted by Gasteiger charge is 2.68. The van der Waals surface area contributed by atoms with E-state index in [0.717, 1.165) is 29.2 Å². The fraction of sp³-hybridized carbons (Fsp3) is 0.458. The predicted octanol–water partition coefficient (Wildman–Crippen LogP) is 3.20. The second-order valence-corrected chi connectivity index (χ2v) is 9.63. The van der Waals surface area contributed by atoms with Gasteiger partial charge in [0, 0.05) is 35.8 Å². The molecule has 3 aliphatic heterocycles. The fourth-order valence-corrected chi connectivity index (χ4v) is 6.41. The molecule has 3 fully saturated rings. The van der Waals surface area contributed by atoms with Crippen LogP contribution in [0.5, 0.6) is 11.5 Å². The van der Waals surface area contributed by atoms with Crippen molar-refractivity contribution in [3.8, 4) is 11.5 Å². The van der Waals surface area contributed by atoms with E-state index >= 15 is 0 Å². The average molecular weight is 392 g/mol. The number of ether oxygens (including phenoxy) is 2. The average Bonchev–Trinajstić information content (AvgIpc) is 3.46. The summed E-state index contributed by atoms with van der Waals surface area (Å²) < 4.78 is 13.0. The van der Waals surface area contributed by atoms with Gasteiger partial charge in [-0.3, -0.25) is 0 Å². The Morgan fingerprint density at radius 2 is 1.48 bits per heavy atom. The highest BCUT2D eigenvalue weighted by atomic mass is 16.6. The van der Waals surface area contributed by atoms with Crippen LogP contribution in [0.15, 0.2) is 48.5 Å². The Labute approximate surface area is 170 Å². The van der Waals surface area contributed by atoms with E-state index in [1.165, 1.54) is 6.42 Å². The van der Waals surface area contributed by atoms with Crippen molar-refractivity contribution in [3.63, 3.8) is 0 Å². The van der Waals surface area contributed by atoms with Gasteiger partial charge in [-0.25, -0.2) is 4.79 Å². The van der Waals surface area contributed by atoms with Crippen LogP contribution in [0.3, 0.4) is 0 Å². The zero-order valence-corrected chi connectivity index (χ0v) is 16.7. The van der Waals surface area contributed by atoms with Crippen LogP contribution >= 0.6 is 0 Å². The van der Waals surface area contributed by atoms with E-state index in [1.807, 2.05) is 24.3 Å². The first-order valence-corrected chi connectivity index (χ1v) is 10.5. The fourth-order valence-electron chi connectivity index (χ4n) is 6.41. The van der Waals surface area contributed by atoms with E-state index in [-0.39, 0.29) is 6.10 Å². The van der Waals surface area contributed by atoms with Gasteiger partial charge >= 0.3 is 5.97 Å². The smallest absolute Gasteiger partial charge is 0.348 e. The van der Waals surface area contributed by atoms with Gasteiger partial charge in [-0.15, -0.1) is 0 Å². The van der Waals surface area contributed by atoms with Gasteiger partial charge in [-0.2, -0.15) is 0 Å². The monoisotopic (exact) mass is 392 g/mol. The second kappa shape index (κ2) is 5.61. The number of esters is 1. The molecule has 5 heteroatoms. The summed E-state index contributed by atoms with van der Waals surface area (Å²) in [5.74, 6) is 1.96. The van der Waals surface area contributed by atoms with Crippen LogP contribution in [-0.4, -0.2) is 47.8 Å². The van der Waals surface area contributed by atoms with Crippen molar-refractivity contribution >= 4 is 5.97 Å². The van der Waals surface area contributed by atoms with Crippen molar-refractivity contribution in [2.75, 3.05) is 14.1 Å². The first-order valence-electron chi connectivity index (χ1n) is 10.5. The van der Waals surface area contributed by atoms with Crippen LogP contribution in [0, 0.1) is 11.8 Å². The number of fused-ring (bicyclic) bond motifs is 7. The zero-order valence-electron chi connectivity index (χ0n) is 16.7. The van der Waals surface area contributed by atoms with E-state index in [0.29, 0.717) is 34.7 Å². The van der Waals surface area contributed by atoms with Crippen LogP contribution in [0.1, 0.15) is 30.4 Å². The molecule has 0 radical (unpaired) electrons. The van der Waals surface area contributed by atoms with Crippen LogP contribution in [-0.2, 0) is 15.1 Å². The van der Waals surface area contributed by atoms with Gasteiger partial charge in [0.1, 0.15) is 17.6 Å². The molecule has 5 atom stereocenters. The lowest BCUT2D eigenvalue weighted by atomic mass is 9.83. The van der Waals surface area contributed by atoms with Crippen molar-refractivity contribution < 1.29 is 23.9 Å². The van der Waals surface area contributed by atoms with E-state index < -0.39 is 11.6 Å². The van der Waals surface area contributed by atoms with E-state index in [9.17, 15) is 9.90 Å². The standard InChI is InChI=1S/C24H26NO4/c1-25(2)19-11-14(12-20(25)16-13-15(16)19)28-23(26)24(27)17-7-3-5-9-21(17)29-22-10-6-4-8-18(22)24/h3-10,14-16,19-20,27H,11-13H2,1-2H3/q+1/t14?,15-,16?,19-,20?/m0/s1. The third-order valence-electron chi connectivity index (χ3n) is 7.94. The molecular weight excluding hydrogens is 366 g/mol. The summed E-state index contributed by atoms with van der Waals surface area (Å²) in [7, 11) is 4.63. The normalized spacial score (nSPS) is 34.2. The number of rotatable bonds is 2. The molecule has 2 saturated heterocycles. The Morgan fingerprint density at radius 3 is 2.03 bits per heavy atom. The molecule has 2 bridgehead atoms. The zero-order chi connectivity index (χ0) is 20.0. The quantitative estimate of drug-likeness (QED) is 0.630. The van der Waals surface area contributed by atoms with E-state index in [2.05, 4.69) is 14.1 Å². The molecule has 1 aliphatic carbocycles. The van der Waals surface area contributed by atoms with Gasteiger partial charge < -0.3 is 19.1 Å². The van der Waals surface area contributed by atoms with Crippen molar-refractivity contribution in [2.24, 2.45) is 11.8 Å². The number of carbonyl (C=O) groups excluding carboxylic acids is 1. The highest BCUT2D eigenvalue weighted by Crippen LogP contribution is 2.61. The van der Waals surface area contributed by atoms with Crippen molar-refractivity contribution in [1.29, 1.82) is 0 Å². The SMILES string of the molecule is C[N+]1(C)C2CC(OC(=O)C3(O)c4ccccc4Oc4ccccc43)C[C@H]1[C@H]1CC21. The highest BCUT2D eigenvalue weighted by molar-refractivity contribution is 5.88. The number of carbonyl (C=O) groups is 1. The Bertz CT molecular complexity index is 950. The van der Waals surface area contributed by atoms with Crippen LogP contribution in [0.25, 0.3) is 0 Å². The molecule has 1 saturated carbocycles. The van der Waals surface area contributed by atoms with Gasteiger partial charge in [0.25, 0.3) is 0 Å². The maximum absolute atomic E-state index is 13.5. The van der Waals surface area contributed by atoms with Crippen LogP contribution in [0.4, 0.5) is 0 Å². The summed E-state index contributed by atoms with van der Waals surface area (Å²) in [6.07, 6.45) is 2.96. The molecular formula is C24H26NO4+. The number of nitrogens with zero attached hydrogens (tertiary/aromatic N) is 1. The molecule has 0 aromatic heterocycles. The van der Waals surface area contributed by atoms with Gasteiger partial charge in [-0.1, -0.05) is 36.4 Å². The molecule has 6 rings (SSSR count). The summed E-state index contributed by atoms with van der Waals surface area (Å²) in [5, 5.41) is 11.7. The third-order valence-corrected chi connectivity index (χ3v) is 7.94. The number of hydrogen-bond acceptors (Lipinski definition) is 4. The summed E-state index contributed by atoms with van der Waals surface area (Å²) in [6, 6.07) is 15.4. The number of hydrogen-bond donors (Lipinski definition) is 1. The Balaban J connectivity index is 1.34. The number of benzene rings is 2. The minimum Gasteiger partial charge on any atom is -0.459 e. The lowest BCUT2D eigenvalue weighted by Crippen LogP contribution is -2.59. The lowest BCUT2D eigenvalue weighted by molar-refractivity contribution is -0.937. The summed E-state index contributed by atoms with van der Waals surface area (Å²) in [5.41, 5.74) is -0.960. The number of aliphatic hydroxyl groups is 1. The Hall–Kier alpha value is -2.37. The van der Waals surface area contributed by atoms with E-state index in [4.69, 9.17) is 9.47 Å². The van der Waals surface area contributed by atoms with Gasteiger partial charge in [0.2, 0.25) is 5.60 Å². The number of quaternary nitrogens is 1. The molecule has 0 spiro atoms. The molecule has 1 N–H and O–H groups in total. The molecule has 3 unspecified atom stereocenters. The topological polar surface area (TPSA) is 55.8 Å². The molecule has 4 aliphatic rings. The maximum atomic E-state index is 13.5. The Morgan fingerprint density at radius 1 is 0.966 bits per heavy atom. The van der Waals surface area contributed by atoms with Crippen LogP contribution < -0.4 is 4.74 Å². The maximum Gasteiger partial charge on any atom is 0.348 e.